The zero-order valence-corrected chi connectivity index (χ0v) is 29.0. The van der Waals surface area contributed by atoms with Crippen molar-refractivity contribution < 1.29 is 112 Å². The van der Waals surface area contributed by atoms with E-state index in [1.54, 1.807) is 0 Å². The van der Waals surface area contributed by atoms with Crippen LogP contribution < -0.4 is 64.4 Å². The Balaban J connectivity index is 0.00000337. The SMILES string of the molecule is O=S(=O)([O-])OCCS(=O)(=O)c1ccc(N=Nc2c(S(=O)(=O)[O-])cc3ccc(Nc4nc(F)cc(F)n4)cc3c2O)cc1.[Na+].[Na+]. The van der Waals surface area contributed by atoms with Crippen LogP contribution in [0, 0.1) is 11.9 Å². The third-order valence-corrected chi connectivity index (χ3v) is 8.28. The largest absolute Gasteiger partial charge is 1.00 e. The molecule has 0 aliphatic heterocycles. The van der Waals surface area contributed by atoms with Crippen LogP contribution in [-0.2, 0) is 34.5 Å². The predicted molar refractivity (Wildman–Crippen MR) is 137 cm³/mol. The number of halogens is 2. The molecule has 0 saturated carbocycles. The van der Waals surface area contributed by atoms with Crippen LogP contribution in [0.15, 0.2) is 74.6 Å². The van der Waals surface area contributed by atoms with E-state index in [-0.39, 0.29) is 86.2 Å². The quantitative estimate of drug-likeness (QED) is 0.0553. The first-order valence-corrected chi connectivity index (χ1v) is 15.5. The van der Waals surface area contributed by atoms with Gasteiger partial charge in [-0.05, 0) is 47.9 Å². The fourth-order valence-corrected chi connectivity index (χ4v) is 5.60. The van der Waals surface area contributed by atoms with Gasteiger partial charge < -0.3 is 19.5 Å². The monoisotopic (exact) mass is 689 g/mol. The third-order valence-electron chi connectivity index (χ3n) is 5.28. The summed E-state index contributed by atoms with van der Waals surface area (Å²) < 4.78 is 123. The second-order valence-electron chi connectivity index (χ2n) is 8.17. The average Bonchev–Trinajstić information content (AvgIpc) is 2.86. The molecule has 0 spiro atoms. The van der Waals surface area contributed by atoms with Gasteiger partial charge in [-0.15, -0.1) is 5.11 Å². The first-order chi connectivity index (χ1) is 19.5. The number of nitrogens with zero attached hydrogens (tertiary/aromatic N) is 4. The van der Waals surface area contributed by atoms with Crippen LogP contribution in [0.5, 0.6) is 5.75 Å². The Morgan fingerprint density at radius 2 is 1.48 bits per heavy atom. The minimum absolute atomic E-state index is 0. The van der Waals surface area contributed by atoms with Crippen molar-refractivity contribution in [2.45, 2.75) is 9.79 Å². The summed E-state index contributed by atoms with van der Waals surface area (Å²) in [7, 11) is -14.4. The second-order valence-corrected chi connectivity index (χ2v) is 12.7. The van der Waals surface area contributed by atoms with E-state index in [0.717, 1.165) is 30.3 Å². The topological polar surface area (TPSA) is 241 Å². The van der Waals surface area contributed by atoms with E-state index in [1.807, 2.05) is 0 Å². The van der Waals surface area contributed by atoms with Crippen molar-refractivity contribution in [2.75, 3.05) is 17.7 Å². The fourth-order valence-electron chi connectivity index (χ4n) is 3.47. The van der Waals surface area contributed by atoms with Crippen LogP contribution in [-0.4, -0.2) is 61.8 Å². The first-order valence-electron chi connectivity index (χ1n) is 11.1. The molecule has 0 aliphatic rings. The number of phenolic OH excluding ortho intramolecular Hbond substituents is 1. The zero-order valence-electron chi connectivity index (χ0n) is 22.5. The molecule has 222 valence electrons. The van der Waals surface area contributed by atoms with Gasteiger partial charge in [0.2, 0.25) is 28.2 Å². The van der Waals surface area contributed by atoms with Crippen molar-refractivity contribution in [1.82, 2.24) is 9.97 Å². The van der Waals surface area contributed by atoms with Gasteiger partial charge in [-0.25, -0.2) is 25.3 Å². The van der Waals surface area contributed by atoms with E-state index in [1.165, 1.54) is 18.2 Å². The number of hydrogen-bond acceptors (Lipinski definition) is 15. The predicted octanol–water partition coefficient (Wildman–Crippen LogP) is -3.06. The molecule has 0 unspecified atom stereocenters. The first kappa shape index (κ1) is 38.0. The van der Waals surface area contributed by atoms with Gasteiger partial charge in [0.05, 0.1) is 27.8 Å². The molecule has 0 fully saturated rings. The van der Waals surface area contributed by atoms with Gasteiger partial charge in [0.1, 0.15) is 15.8 Å². The molecule has 0 amide bonds. The minimum Gasteiger partial charge on any atom is -0.744 e. The molecule has 15 nitrogen and oxygen atoms in total. The van der Waals surface area contributed by atoms with Crippen LogP contribution in [0.3, 0.4) is 0 Å². The van der Waals surface area contributed by atoms with Crippen LogP contribution in [0.2, 0.25) is 0 Å². The number of phenols is 1. The Morgan fingerprint density at radius 3 is 2.05 bits per heavy atom. The Kier molecular flexibility index (Phi) is 12.9. The Bertz CT molecular complexity index is 2030. The minimum atomic E-state index is -5.20. The van der Waals surface area contributed by atoms with Crippen LogP contribution in [0.25, 0.3) is 10.8 Å². The summed E-state index contributed by atoms with van der Waals surface area (Å²) >= 11 is 0. The average molecular weight is 690 g/mol. The fraction of sp³-hybridized carbons (Fsp3) is 0.0909. The normalized spacial score (nSPS) is 12.1. The molecule has 4 rings (SSSR count). The number of aromatic nitrogens is 2. The maximum atomic E-state index is 13.4. The number of sulfone groups is 1. The molecule has 0 aliphatic carbocycles. The summed E-state index contributed by atoms with van der Waals surface area (Å²) in [5, 5.41) is 20.8. The molecule has 1 heterocycles. The van der Waals surface area contributed by atoms with E-state index in [9.17, 15) is 48.2 Å². The van der Waals surface area contributed by atoms with Crippen LogP contribution in [0.1, 0.15) is 0 Å². The number of fused-ring (bicyclic) bond motifs is 1. The van der Waals surface area contributed by atoms with E-state index in [4.69, 9.17) is 0 Å². The van der Waals surface area contributed by atoms with Gasteiger partial charge in [-0.3, -0.25) is 4.18 Å². The smallest absolute Gasteiger partial charge is 0.744 e. The Hall–Kier alpha value is -2.21. The van der Waals surface area contributed by atoms with E-state index >= 15 is 0 Å². The van der Waals surface area contributed by atoms with Crippen molar-refractivity contribution >= 4 is 64.1 Å². The second kappa shape index (κ2) is 14.9. The van der Waals surface area contributed by atoms with Crippen molar-refractivity contribution in [3.05, 3.63) is 66.5 Å². The number of aromatic hydroxyl groups is 1. The summed E-state index contributed by atoms with van der Waals surface area (Å²) in [5.74, 6) is -4.40. The molecule has 4 aromatic rings. The molecule has 0 radical (unpaired) electrons. The van der Waals surface area contributed by atoms with Crippen LogP contribution in [0.4, 0.5) is 31.8 Å². The molecular weight excluding hydrogens is 674 g/mol. The Labute approximate surface area is 293 Å². The molecule has 0 atom stereocenters. The number of anilines is 2. The maximum absolute atomic E-state index is 13.4. The molecular formula is C22H15F2N5Na2O10S3. The van der Waals surface area contributed by atoms with E-state index in [0.29, 0.717) is 6.07 Å². The van der Waals surface area contributed by atoms with Crippen LogP contribution >= 0.6 is 0 Å². The zero-order chi connectivity index (χ0) is 30.9. The summed E-state index contributed by atoms with van der Waals surface area (Å²) in [4.78, 5) is 5.53. The van der Waals surface area contributed by atoms with Crippen molar-refractivity contribution in [1.29, 1.82) is 0 Å². The molecule has 0 bridgehead atoms. The number of rotatable bonds is 10. The van der Waals surface area contributed by atoms with E-state index < -0.39 is 76.9 Å². The maximum Gasteiger partial charge on any atom is 1.00 e. The van der Waals surface area contributed by atoms with Crippen molar-refractivity contribution in [3.63, 3.8) is 0 Å². The molecule has 44 heavy (non-hydrogen) atoms. The van der Waals surface area contributed by atoms with Gasteiger partial charge in [-0.1, -0.05) is 6.07 Å². The summed E-state index contributed by atoms with van der Waals surface area (Å²) in [5.41, 5.74) is -0.699. The van der Waals surface area contributed by atoms with Crippen molar-refractivity contribution in [3.8, 4) is 5.75 Å². The third kappa shape index (κ3) is 9.89. The van der Waals surface area contributed by atoms with Gasteiger partial charge in [0, 0.05) is 17.1 Å². The van der Waals surface area contributed by atoms with E-state index in [2.05, 4.69) is 29.7 Å². The standard InChI is InChI=1S/C22H17F2N5O10S3.2Na/c23-18-11-19(24)27-22(26-18)25-14-2-1-12-9-17(41(33,34)35)20(21(30)16(12)10-14)29-28-13-3-5-15(6-4-13)40(31,32)8-7-39-42(36,37)38;;/h1-6,9-11,30H,7-8H2,(H,25,26,27)(H,33,34,35)(H,36,37,38);;/q;2*+1/p-2. The van der Waals surface area contributed by atoms with Gasteiger partial charge in [-0.2, -0.15) is 23.9 Å². The number of nitrogens with one attached hydrogen (secondary N) is 1. The molecule has 0 saturated heterocycles. The summed E-state index contributed by atoms with van der Waals surface area (Å²) in [6.45, 7) is -0.910. The number of hydrogen-bond donors (Lipinski definition) is 2. The molecule has 3 aromatic carbocycles. The Morgan fingerprint density at radius 1 is 0.864 bits per heavy atom. The van der Waals surface area contributed by atoms with Gasteiger partial charge in [0.25, 0.3) is 0 Å². The molecule has 1 aromatic heterocycles. The summed E-state index contributed by atoms with van der Waals surface area (Å²) in [6.07, 6.45) is 0. The van der Waals surface area contributed by atoms with Crippen molar-refractivity contribution in [2.24, 2.45) is 10.2 Å². The number of benzene rings is 3. The summed E-state index contributed by atoms with van der Waals surface area (Å²) in [6, 6.07) is 9.60. The number of azo groups is 1. The molecule has 2 N–H and O–H groups in total. The molecule has 22 heteroatoms. The van der Waals surface area contributed by atoms with Gasteiger partial charge >= 0.3 is 59.1 Å². The van der Waals surface area contributed by atoms with Gasteiger partial charge in [0.15, 0.2) is 15.6 Å².